The Balaban J connectivity index is 2.28. The van der Waals surface area contributed by atoms with E-state index >= 15 is 0 Å². The first-order valence-electron chi connectivity index (χ1n) is 6.49. The number of hydrogen-bond donors (Lipinski definition) is 1. The number of aromatic nitrogens is 1. The monoisotopic (exact) mass is 234 g/mol. The molecule has 1 aliphatic rings. The minimum Gasteiger partial charge on any atom is -0.373 e. The van der Waals surface area contributed by atoms with E-state index in [1.54, 1.807) is 0 Å². The summed E-state index contributed by atoms with van der Waals surface area (Å²) in [6.07, 6.45) is 8.26. The molecule has 94 valence electrons. The first kappa shape index (κ1) is 12.5. The molecule has 0 spiro atoms. The van der Waals surface area contributed by atoms with Gasteiger partial charge in [0.05, 0.1) is 11.6 Å². The normalized spacial score (nSPS) is 20.4. The number of nitrogens with two attached hydrogens (primary N) is 1. The molecule has 17 heavy (non-hydrogen) atoms. The van der Waals surface area contributed by atoms with E-state index in [0.717, 1.165) is 25.0 Å². The number of ether oxygens (including phenoxy) is 1. The summed E-state index contributed by atoms with van der Waals surface area (Å²) in [5, 5.41) is 0. The Hall–Kier alpha value is -0.930. The van der Waals surface area contributed by atoms with Gasteiger partial charge in [-0.15, -0.1) is 0 Å². The molecule has 0 bridgehead atoms. The van der Waals surface area contributed by atoms with Gasteiger partial charge >= 0.3 is 0 Å². The second-order valence-corrected chi connectivity index (χ2v) is 4.91. The number of pyridine rings is 1. The number of nitrogens with zero attached hydrogens (tertiary/aromatic N) is 1. The van der Waals surface area contributed by atoms with Crippen LogP contribution in [0.5, 0.6) is 0 Å². The predicted octanol–water partition coefficient (Wildman–Crippen LogP) is 2.74. The molecule has 0 aromatic carbocycles. The minimum absolute atomic E-state index is 0.0568. The molecule has 3 heteroatoms. The van der Waals surface area contributed by atoms with Gasteiger partial charge in [-0.1, -0.05) is 12.8 Å². The van der Waals surface area contributed by atoms with Crippen LogP contribution in [-0.2, 0) is 4.74 Å². The molecule has 0 radical (unpaired) electrons. The predicted molar refractivity (Wildman–Crippen MR) is 68.7 cm³/mol. The van der Waals surface area contributed by atoms with Crippen molar-refractivity contribution in [3.63, 3.8) is 0 Å². The lowest BCUT2D eigenvalue weighted by Gasteiger charge is -2.35. The molecule has 1 aliphatic carbocycles. The van der Waals surface area contributed by atoms with Gasteiger partial charge in [-0.2, -0.15) is 0 Å². The Labute approximate surface area is 103 Å². The molecule has 1 heterocycles. The van der Waals surface area contributed by atoms with Crippen LogP contribution in [0.2, 0.25) is 0 Å². The first-order chi connectivity index (χ1) is 8.19. The fourth-order valence-corrected chi connectivity index (χ4v) is 2.89. The van der Waals surface area contributed by atoms with Crippen LogP contribution in [0.15, 0.2) is 18.5 Å². The zero-order valence-corrected chi connectivity index (χ0v) is 10.8. The molecule has 0 saturated heterocycles. The molecule has 0 amide bonds. The van der Waals surface area contributed by atoms with Gasteiger partial charge in [0.2, 0.25) is 0 Å². The van der Waals surface area contributed by atoms with Crippen LogP contribution in [-0.4, -0.2) is 17.2 Å². The molecule has 1 atom stereocenters. The lowest BCUT2D eigenvalue weighted by molar-refractivity contribution is -0.0538. The van der Waals surface area contributed by atoms with Crippen molar-refractivity contribution in [3.05, 3.63) is 29.6 Å². The summed E-state index contributed by atoms with van der Waals surface area (Å²) >= 11 is 0. The number of aryl methyl sites for hydroxylation is 1. The SMILES string of the molecule is CCOC1(C(N)c2cnccc2C)CCCC1. The lowest BCUT2D eigenvalue weighted by atomic mass is 9.86. The standard InChI is InChI=1S/C14H22N2O/c1-3-17-14(7-4-5-8-14)13(15)12-10-16-9-6-11(12)2/h6,9-10,13H,3-5,7-8,15H2,1-2H3. The zero-order chi connectivity index (χ0) is 12.3. The maximum Gasteiger partial charge on any atom is 0.0874 e. The van der Waals surface area contributed by atoms with Crippen LogP contribution in [0.4, 0.5) is 0 Å². The highest BCUT2D eigenvalue weighted by Crippen LogP contribution is 2.42. The Kier molecular flexibility index (Phi) is 3.79. The molecule has 1 fully saturated rings. The van der Waals surface area contributed by atoms with Gasteiger partial charge in [-0.05, 0) is 43.9 Å². The largest absolute Gasteiger partial charge is 0.373 e. The Bertz CT molecular complexity index is 372. The van der Waals surface area contributed by atoms with Crippen molar-refractivity contribution in [2.24, 2.45) is 5.73 Å². The molecule has 1 unspecified atom stereocenters. The second-order valence-electron chi connectivity index (χ2n) is 4.91. The van der Waals surface area contributed by atoms with Crippen molar-refractivity contribution in [2.75, 3.05) is 6.61 Å². The van der Waals surface area contributed by atoms with Crippen LogP contribution < -0.4 is 5.73 Å². The molecule has 0 aliphatic heterocycles. The summed E-state index contributed by atoms with van der Waals surface area (Å²) in [5.41, 5.74) is 8.63. The Morgan fingerprint density at radius 3 is 2.76 bits per heavy atom. The third kappa shape index (κ3) is 2.35. The van der Waals surface area contributed by atoms with Crippen LogP contribution in [0, 0.1) is 6.92 Å². The fourth-order valence-electron chi connectivity index (χ4n) is 2.89. The molecule has 1 saturated carbocycles. The number of rotatable bonds is 4. The van der Waals surface area contributed by atoms with E-state index in [1.807, 2.05) is 25.4 Å². The topological polar surface area (TPSA) is 48.1 Å². The quantitative estimate of drug-likeness (QED) is 0.871. The summed E-state index contributed by atoms with van der Waals surface area (Å²) in [6, 6.07) is 1.96. The highest BCUT2D eigenvalue weighted by molar-refractivity contribution is 5.27. The van der Waals surface area contributed by atoms with E-state index in [1.165, 1.54) is 18.4 Å². The molecule has 1 aromatic heterocycles. The smallest absolute Gasteiger partial charge is 0.0874 e. The van der Waals surface area contributed by atoms with Gasteiger partial charge in [-0.3, -0.25) is 4.98 Å². The van der Waals surface area contributed by atoms with Crippen molar-refractivity contribution in [1.82, 2.24) is 4.98 Å². The summed E-state index contributed by atoms with van der Waals surface area (Å²) in [7, 11) is 0. The van der Waals surface area contributed by atoms with E-state index in [0.29, 0.717) is 0 Å². The van der Waals surface area contributed by atoms with Gasteiger partial charge in [0.1, 0.15) is 0 Å². The summed E-state index contributed by atoms with van der Waals surface area (Å²) in [4.78, 5) is 4.19. The van der Waals surface area contributed by atoms with Crippen molar-refractivity contribution in [3.8, 4) is 0 Å². The van der Waals surface area contributed by atoms with Crippen LogP contribution in [0.3, 0.4) is 0 Å². The maximum absolute atomic E-state index is 6.46. The zero-order valence-electron chi connectivity index (χ0n) is 10.8. The van der Waals surface area contributed by atoms with E-state index in [2.05, 4.69) is 11.9 Å². The molecular formula is C14H22N2O. The Morgan fingerprint density at radius 1 is 1.47 bits per heavy atom. The van der Waals surface area contributed by atoms with Gasteiger partial charge in [0.25, 0.3) is 0 Å². The van der Waals surface area contributed by atoms with Gasteiger partial charge in [-0.25, -0.2) is 0 Å². The average molecular weight is 234 g/mol. The van der Waals surface area contributed by atoms with Crippen molar-refractivity contribution >= 4 is 0 Å². The van der Waals surface area contributed by atoms with E-state index < -0.39 is 0 Å². The molecular weight excluding hydrogens is 212 g/mol. The maximum atomic E-state index is 6.46. The molecule has 1 aromatic rings. The van der Waals surface area contributed by atoms with Crippen LogP contribution >= 0.6 is 0 Å². The molecule has 2 N–H and O–H groups in total. The minimum atomic E-state index is -0.164. The van der Waals surface area contributed by atoms with Gasteiger partial charge < -0.3 is 10.5 Å². The fraction of sp³-hybridized carbons (Fsp3) is 0.643. The summed E-state index contributed by atoms with van der Waals surface area (Å²) < 4.78 is 6.01. The molecule has 2 rings (SSSR count). The van der Waals surface area contributed by atoms with Gasteiger partial charge in [0.15, 0.2) is 0 Å². The Morgan fingerprint density at radius 2 is 2.18 bits per heavy atom. The van der Waals surface area contributed by atoms with E-state index in [9.17, 15) is 0 Å². The average Bonchev–Trinajstić information content (AvgIpc) is 2.79. The third-order valence-corrected chi connectivity index (χ3v) is 3.86. The van der Waals surface area contributed by atoms with E-state index in [-0.39, 0.29) is 11.6 Å². The van der Waals surface area contributed by atoms with Crippen LogP contribution in [0.25, 0.3) is 0 Å². The number of hydrogen-bond acceptors (Lipinski definition) is 3. The lowest BCUT2D eigenvalue weighted by Crippen LogP contribution is -2.41. The summed E-state index contributed by atoms with van der Waals surface area (Å²) in [6.45, 7) is 4.86. The van der Waals surface area contributed by atoms with Gasteiger partial charge in [0, 0.05) is 19.0 Å². The van der Waals surface area contributed by atoms with Crippen LogP contribution in [0.1, 0.15) is 49.8 Å². The second kappa shape index (κ2) is 5.15. The van der Waals surface area contributed by atoms with Crippen molar-refractivity contribution in [2.45, 2.75) is 51.2 Å². The van der Waals surface area contributed by atoms with Crippen molar-refractivity contribution < 1.29 is 4.74 Å². The molecule has 3 nitrogen and oxygen atoms in total. The third-order valence-electron chi connectivity index (χ3n) is 3.86. The van der Waals surface area contributed by atoms with Crippen molar-refractivity contribution in [1.29, 1.82) is 0 Å². The highest BCUT2D eigenvalue weighted by atomic mass is 16.5. The van der Waals surface area contributed by atoms with E-state index in [4.69, 9.17) is 10.5 Å². The summed E-state index contributed by atoms with van der Waals surface area (Å²) in [5.74, 6) is 0. The first-order valence-corrected chi connectivity index (χ1v) is 6.49. The highest BCUT2D eigenvalue weighted by Gasteiger charge is 2.41.